The third-order valence-corrected chi connectivity index (χ3v) is 4.39. The van der Waals surface area contributed by atoms with E-state index in [-0.39, 0.29) is 24.0 Å². The summed E-state index contributed by atoms with van der Waals surface area (Å²) in [6.07, 6.45) is 0.172. The molecule has 7 heteroatoms. The highest BCUT2D eigenvalue weighted by Crippen LogP contribution is 2.36. The molecule has 1 aliphatic heterocycles. The molecule has 114 valence electrons. The Bertz CT molecular complexity index is 682. The zero-order chi connectivity index (χ0) is 16.1. The average molecular weight is 337 g/mol. The number of thioether (sulfide) groups is 1. The van der Waals surface area contributed by atoms with Gasteiger partial charge in [0.05, 0.1) is 29.5 Å². The fourth-order valence-corrected chi connectivity index (χ4v) is 3.24. The van der Waals surface area contributed by atoms with Crippen LogP contribution in [0.15, 0.2) is 34.9 Å². The van der Waals surface area contributed by atoms with Crippen LogP contribution in [0.3, 0.4) is 0 Å². The molecule has 2 rings (SSSR count). The van der Waals surface area contributed by atoms with Crippen LogP contribution in [0.25, 0.3) is 0 Å². The van der Waals surface area contributed by atoms with E-state index < -0.39 is 5.97 Å². The number of hydrogen-bond acceptors (Lipinski definition) is 5. The molecule has 5 nitrogen and oxygen atoms in total. The minimum atomic E-state index is -0.422. The lowest BCUT2D eigenvalue weighted by Crippen LogP contribution is -2.31. The lowest BCUT2D eigenvalue weighted by atomic mass is 9.87. The molecule has 22 heavy (non-hydrogen) atoms. The Morgan fingerprint density at radius 2 is 2.36 bits per heavy atom. The van der Waals surface area contributed by atoms with E-state index in [4.69, 9.17) is 11.6 Å². The van der Waals surface area contributed by atoms with E-state index in [1.165, 1.54) is 7.11 Å². The number of benzene rings is 1. The smallest absolute Gasteiger partial charge is 0.316 e. The van der Waals surface area contributed by atoms with Crippen LogP contribution in [0.4, 0.5) is 0 Å². The van der Waals surface area contributed by atoms with Crippen LogP contribution in [-0.2, 0) is 14.3 Å². The first-order chi connectivity index (χ1) is 10.5. The van der Waals surface area contributed by atoms with Crippen molar-refractivity contribution in [2.45, 2.75) is 12.3 Å². The first-order valence-corrected chi connectivity index (χ1v) is 7.80. The molecule has 1 aromatic carbocycles. The molecule has 0 fully saturated rings. The van der Waals surface area contributed by atoms with Gasteiger partial charge in [0.15, 0.2) is 0 Å². The average Bonchev–Trinajstić information content (AvgIpc) is 2.51. The van der Waals surface area contributed by atoms with Crippen LogP contribution in [0, 0.1) is 11.3 Å². The molecule has 1 heterocycles. The number of methoxy groups -OCH3 is 1. The zero-order valence-corrected chi connectivity index (χ0v) is 13.3. The number of halogens is 1. The fourth-order valence-electron chi connectivity index (χ4n) is 2.13. The largest absolute Gasteiger partial charge is 0.468 e. The van der Waals surface area contributed by atoms with Gasteiger partial charge in [0, 0.05) is 17.4 Å². The van der Waals surface area contributed by atoms with Gasteiger partial charge in [-0.2, -0.15) is 5.26 Å². The molecule has 0 unspecified atom stereocenters. The number of hydrogen-bond donors (Lipinski definition) is 1. The highest BCUT2D eigenvalue weighted by Gasteiger charge is 2.30. The lowest BCUT2D eigenvalue weighted by Gasteiger charge is -2.25. The maximum atomic E-state index is 11.9. The topological polar surface area (TPSA) is 79.2 Å². The summed E-state index contributed by atoms with van der Waals surface area (Å²) in [4.78, 5) is 23.1. The van der Waals surface area contributed by atoms with Crippen molar-refractivity contribution >= 4 is 35.2 Å². The van der Waals surface area contributed by atoms with Crippen LogP contribution in [0.5, 0.6) is 0 Å². The Hall–Kier alpha value is -1.97. The van der Waals surface area contributed by atoms with Crippen LogP contribution in [0.2, 0.25) is 5.02 Å². The molecule has 0 bridgehead atoms. The van der Waals surface area contributed by atoms with Crippen LogP contribution >= 0.6 is 23.4 Å². The molecule has 1 atom stereocenters. The van der Waals surface area contributed by atoms with Gasteiger partial charge in [-0.3, -0.25) is 9.59 Å². The standard InChI is InChI=1S/C15H13ClN2O3S/c1-21-14(20)8-22-15-12(7-17)11(6-13(19)18-15)9-3-2-4-10(16)5-9/h2-5,11H,6,8H2,1H3,(H,18,19)/t11-/m0/s1. The summed E-state index contributed by atoms with van der Waals surface area (Å²) in [7, 11) is 1.29. The Kier molecular flexibility index (Phi) is 5.47. The number of carbonyl (C=O) groups is 2. The van der Waals surface area contributed by atoms with Gasteiger partial charge >= 0.3 is 5.97 Å². The Labute approximate surface area is 137 Å². The van der Waals surface area contributed by atoms with Crippen molar-refractivity contribution in [1.82, 2.24) is 5.32 Å². The first-order valence-electron chi connectivity index (χ1n) is 6.44. The van der Waals surface area contributed by atoms with Gasteiger partial charge in [-0.15, -0.1) is 0 Å². The molecular formula is C15H13ClN2O3S. The van der Waals surface area contributed by atoms with E-state index in [9.17, 15) is 14.9 Å². The van der Waals surface area contributed by atoms with Crippen molar-refractivity contribution in [3.05, 3.63) is 45.5 Å². The Balaban J connectivity index is 2.34. The zero-order valence-electron chi connectivity index (χ0n) is 11.8. The minimum Gasteiger partial charge on any atom is -0.468 e. The van der Waals surface area contributed by atoms with Gasteiger partial charge in [-0.05, 0) is 17.7 Å². The predicted octanol–water partition coefficient (Wildman–Crippen LogP) is 2.58. The van der Waals surface area contributed by atoms with Gasteiger partial charge in [0.1, 0.15) is 0 Å². The number of allylic oxidation sites excluding steroid dienone is 1. The Morgan fingerprint density at radius 3 is 3.00 bits per heavy atom. The van der Waals surface area contributed by atoms with Crippen molar-refractivity contribution in [2.24, 2.45) is 0 Å². The maximum Gasteiger partial charge on any atom is 0.316 e. The summed E-state index contributed by atoms with van der Waals surface area (Å²) >= 11 is 7.07. The normalized spacial score (nSPS) is 17.7. The molecule has 0 aromatic heterocycles. The number of nitriles is 1. The number of rotatable bonds is 4. The summed E-state index contributed by atoms with van der Waals surface area (Å²) in [5.74, 6) is -0.956. The van der Waals surface area contributed by atoms with Gasteiger partial charge in [0.25, 0.3) is 0 Å². The van der Waals surface area contributed by atoms with Crippen molar-refractivity contribution in [1.29, 1.82) is 5.26 Å². The van der Waals surface area contributed by atoms with E-state index >= 15 is 0 Å². The molecule has 1 N–H and O–H groups in total. The number of nitrogens with one attached hydrogen (secondary N) is 1. The molecule has 0 saturated heterocycles. The van der Waals surface area contributed by atoms with E-state index in [1.54, 1.807) is 18.2 Å². The van der Waals surface area contributed by atoms with Crippen LogP contribution in [-0.4, -0.2) is 24.7 Å². The van der Waals surface area contributed by atoms with E-state index in [2.05, 4.69) is 16.1 Å². The number of amides is 1. The third kappa shape index (κ3) is 3.81. The molecule has 1 amide bonds. The molecule has 1 aromatic rings. The predicted molar refractivity (Wildman–Crippen MR) is 84.1 cm³/mol. The number of nitrogens with zero attached hydrogens (tertiary/aromatic N) is 1. The number of carbonyl (C=O) groups excluding carboxylic acids is 2. The van der Waals surface area contributed by atoms with Gasteiger partial charge in [-0.1, -0.05) is 35.5 Å². The molecular weight excluding hydrogens is 324 g/mol. The minimum absolute atomic E-state index is 0.0273. The van der Waals surface area contributed by atoms with E-state index in [0.29, 0.717) is 15.6 Å². The van der Waals surface area contributed by atoms with E-state index in [0.717, 1.165) is 17.3 Å². The second kappa shape index (κ2) is 7.34. The summed E-state index contributed by atoms with van der Waals surface area (Å²) in [6.45, 7) is 0. The molecule has 0 saturated carbocycles. The van der Waals surface area contributed by atoms with Crippen molar-refractivity contribution in [3.8, 4) is 6.07 Å². The van der Waals surface area contributed by atoms with Crippen molar-refractivity contribution in [3.63, 3.8) is 0 Å². The first kappa shape index (κ1) is 16.4. The van der Waals surface area contributed by atoms with Gasteiger partial charge in [-0.25, -0.2) is 0 Å². The number of esters is 1. The van der Waals surface area contributed by atoms with Crippen molar-refractivity contribution < 1.29 is 14.3 Å². The highest BCUT2D eigenvalue weighted by atomic mass is 35.5. The van der Waals surface area contributed by atoms with Gasteiger partial charge in [0.2, 0.25) is 5.91 Å². The summed E-state index contributed by atoms with van der Waals surface area (Å²) in [5.41, 5.74) is 1.23. The van der Waals surface area contributed by atoms with Gasteiger partial charge < -0.3 is 10.1 Å². The molecule has 1 aliphatic rings. The summed E-state index contributed by atoms with van der Waals surface area (Å²) in [5, 5.41) is 13.0. The third-order valence-electron chi connectivity index (χ3n) is 3.17. The Morgan fingerprint density at radius 1 is 1.59 bits per heavy atom. The summed E-state index contributed by atoms with van der Waals surface area (Å²) in [6, 6.07) is 9.21. The second-order valence-corrected chi connectivity index (χ2v) is 6.00. The molecule has 0 radical (unpaired) electrons. The quantitative estimate of drug-likeness (QED) is 0.855. The van der Waals surface area contributed by atoms with E-state index in [1.807, 2.05) is 6.07 Å². The summed E-state index contributed by atoms with van der Waals surface area (Å²) < 4.78 is 4.57. The highest BCUT2D eigenvalue weighted by molar-refractivity contribution is 8.03. The number of ether oxygens (including phenoxy) is 1. The SMILES string of the molecule is COC(=O)CSC1=C(C#N)[C@H](c2cccc(Cl)c2)CC(=O)N1. The second-order valence-electron chi connectivity index (χ2n) is 4.58. The monoisotopic (exact) mass is 336 g/mol. The lowest BCUT2D eigenvalue weighted by molar-refractivity contribution is -0.137. The van der Waals surface area contributed by atoms with Crippen LogP contribution < -0.4 is 5.32 Å². The van der Waals surface area contributed by atoms with Crippen LogP contribution in [0.1, 0.15) is 17.9 Å². The molecule has 0 spiro atoms. The van der Waals surface area contributed by atoms with Crippen molar-refractivity contribution in [2.75, 3.05) is 12.9 Å². The molecule has 0 aliphatic carbocycles. The maximum absolute atomic E-state index is 11.9. The fraction of sp³-hybridized carbons (Fsp3) is 0.267.